The zero-order chi connectivity index (χ0) is 19.2. The van der Waals surface area contributed by atoms with Gasteiger partial charge in [-0.05, 0) is 54.2 Å². The molecule has 1 aromatic heterocycles. The van der Waals surface area contributed by atoms with Crippen LogP contribution in [0.25, 0.3) is 0 Å². The van der Waals surface area contributed by atoms with E-state index in [-0.39, 0.29) is 12.4 Å². The van der Waals surface area contributed by atoms with Gasteiger partial charge in [0, 0.05) is 30.5 Å². The molecule has 0 bridgehead atoms. The lowest BCUT2D eigenvalue weighted by molar-refractivity contribution is 0.283. The number of halogens is 1. The summed E-state index contributed by atoms with van der Waals surface area (Å²) in [5.74, 6) is 1.50. The molecule has 0 radical (unpaired) electrons. The van der Waals surface area contributed by atoms with Crippen molar-refractivity contribution in [3.05, 3.63) is 89.2 Å². The predicted octanol–water partition coefficient (Wildman–Crippen LogP) is 5.26. The van der Waals surface area contributed by atoms with Gasteiger partial charge in [0.05, 0.1) is 7.11 Å². The average molecular weight is 411 g/mol. The van der Waals surface area contributed by atoms with Gasteiger partial charge in [0.25, 0.3) is 0 Å². The highest BCUT2D eigenvalue weighted by molar-refractivity contribution is 5.85. The lowest BCUT2D eigenvalue weighted by Crippen LogP contribution is -2.24. The van der Waals surface area contributed by atoms with Crippen LogP contribution >= 0.6 is 12.4 Å². The quantitative estimate of drug-likeness (QED) is 0.577. The summed E-state index contributed by atoms with van der Waals surface area (Å²) >= 11 is 0. The molecule has 1 aliphatic rings. The summed E-state index contributed by atoms with van der Waals surface area (Å²) in [6, 6.07) is 19.2. The molecule has 1 unspecified atom stereocenters. The minimum absolute atomic E-state index is 0. The summed E-state index contributed by atoms with van der Waals surface area (Å²) < 4.78 is 11.5. The van der Waals surface area contributed by atoms with Crippen molar-refractivity contribution in [3.63, 3.8) is 0 Å². The van der Waals surface area contributed by atoms with E-state index in [1.54, 1.807) is 13.3 Å². The zero-order valence-corrected chi connectivity index (χ0v) is 17.5. The van der Waals surface area contributed by atoms with Crippen LogP contribution in [0.4, 0.5) is 0 Å². The maximum absolute atomic E-state index is 6.01. The third kappa shape index (κ3) is 5.28. The Bertz CT molecular complexity index is 918. The monoisotopic (exact) mass is 410 g/mol. The van der Waals surface area contributed by atoms with Crippen molar-refractivity contribution >= 4 is 12.4 Å². The highest BCUT2D eigenvalue weighted by Gasteiger charge is 2.19. The van der Waals surface area contributed by atoms with Crippen LogP contribution in [-0.2, 0) is 19.6 Å². The summed E-state index contributed by atoms with van der Waals surface area (Å²) in [7, 11) is 1.67. The number of ether oxygens (including phenoxy) is 2. The van der Waals surface area contributed by atoms with Gasteiger partial charge < -0.3 is 14.8 Å². The number of nitrogens with zero attached hydrogens (tertiary/aromatic N) is 1. The first-order chi connectivity index (χ1) is 13.8. The first-order valence-electron chi connectivity index (χ1n) is 9.83. The summed E-state index contributed by atoms with van der Waals surface area (Å²) in [5, 5.41) is 3.73. The third-order valence-electron chi connectivity index (χ3n) is 5.27. The molecule has 0 amide bonds. The average Bonchev–Trinajstić information content (AvgIpc) is 2.77. The highest BCUT2D eigenvalue weighted by atomic mass is 35.5. The van der Waals surface area contributed by atoms with Crippen LogP contribution in [0.15, 0.2) is 67.0 Å². The lowest BCUT2D eigenvalue weighted by Gasteiger charge is -2.26. The number of hydrogen-bond donors (Lipinski definition) is 1. The van der Waals surface area contributed by atoms with Gasteiger partial charge in [-0.1, -0.05) is 36.4 Å². The number of aryl methyl sites for hydroxylation is 1. The molecule has 0 aliphatic heterocycles. The van der Waals surface area contributed by atoms with Gasteiger partial charge in [0.15, 0.2) is 11.5 Å². The topological polar surface area (TPSA) is 43.4 Å². The van der Waals surface area contributed by atoms with Gasteiger partial charge in [-0.3, -0.25) is 4.98 Å². The molecule has 5 heteroatoms. The molecule has 0 saturated heterocycles. The summed E-state index contributed by atoms with van der Waals surface area (Å²) in [5.41, 5.74) is 5.13. The number of benzene rings is 2. The first kappa shape index (κ1) is 21.2. The summed E-state index contributed by atoms with van der Waals surface area (Å²) in [4.78, 5) is 4.14. The van der Waals surface area contributed by atoms with Crippen LogP contribution in [0.5, 0.6) is 11.5 Å². The summed E-state index contributed by atoms with van der Waals surface area (Å²) in [6.07, 6.45) is 7.18. The summed E-state index contributed by atoms with van der Waals surface area (Å²) in [6.45, 7) is 1.27. The molecule has 1 atom stereocenters. The Kier molecular flexibility index (Phi) is 7.50. The van der Waals surface area contributed by atoms with Crippen molar-refractivity contribution in [1.82, 2.24) is 10.3 Å². The van der Waals surface area contributed by atoms with E-state index in [1.807, 2.05) is 24.4 Å². The molecular formula is C24H27ClN2O2. The molecule has 152 valence electrons. The van der Waals surface area contributed by atoms with E-state index in [1.165, 1.54) is 36.0 Å². The molecule has 4 rings (SSSR count). The minimum Gasteiger partial charge on any atom is -0.493 e. The van der Waals surface area contributed by atoms with Crippen LogP contribution in [0.2, 0.25) is 0 Å². The Balaban J connectivity index is 0.00000240. The fourth-order valence-corrected chi connectivity index (χ4v) is 3.80. The maximum Gasteiger partial charge on any atom is 0.161 e. The van der Waals surface area contributed by atoms with E-state index >= 15 is 0 Å². The van der Waals surface area contributed by atoms with Crippen LogP contribution in [0.3, 0.4) is 0 Å². The van der Waals surface area contributed by atoms with Crippen LogP contribution in [0, 0.1) is 0 Å². The van der Waals surface area contributed by atoms with Crippen molar-refractivity contribution in [3.8, 4) is 11.5 Å². The third-order valence-corrected chi connectivity index (χ3v) is 5.27. The van der Waals surface area contributed by atoms with Crippen LogP contribution in [-0.4, -0.2) is 12.1 Å². The molecule has 29 heavy (non-hydrogen) atoms. The number of hydrogen-bond acceptors (Lipinski definition) is 4. The molecule has 0 saturated carbocycles. The Morgan fingerprint density at radius 1 is 1.03 bits per heavy atom. The molecule has 1 heterocycles. The number of aromatic nitrogens is 1. The van der Waals surface area contributed by atoms with E-state index in [0.29, 0.717) is 12.6 Å². The van der Waals surface area contributed by atoms with E-state index in [9.17, 15) is 0 Å². The molecule has 4 nitrogen and oxygen atoms in total. The Morgan fingerprint density at radius 2 is 1.93 bits per heavy atom. The minimum atomic E-state index is 0. The van der Waals surface area contributed by atoms with Crippen molar-refractivity contribution in [2.75, 3.05) is 7.11 Å². The predicted molar refractivity (Wildman–Crippen MR) is 118 cm³/mol. The van der Waals surface area contributed by atoms with E-state index in [2.05, 4.69) is 46.7 Å². The zero-order valence-electron chi connectivity index (χ0n) is 16.6. The number of nitrogens with one attached hydrogen (secondary N) is 1. The lowest BCUT2D eigenvalue weighted by atomic mass is 9.87. The van der Waals surface area contributed by atoms with Crippen molar-refractivity contribution in [1.29, 1.82) is 0 Å². The van der Waals surface area contributed by atoms with Gasteiger partial charge in [0.1, 0.15) is 6.61 Å². The van der Waals surface area contributed by atoms with Gasteiger partial charge in [-0.15, -0.1) is 12.4 Å². The van der Waals surface area contributed by atoms with Gasteiger partial charge >= 0.3 is 0 Å². The van der Waals surface area contributed by atoms with Crippen LogP contribution < -0.4 is 14.8 Å². The van der Waals surface area contributed by atoms with E-state index in [0.717, 1.165) is 23.6 Å². The van der Waals surface area contributed by atoms with E-state index in [4.69, 9.17) is 9.47 Å². The largest absolute Gasteiger partial charge is 0.493 e. The molecule has 1 aliphatic carbocycles. The first-order valence-corrected chi connectivity index (χ1v) is 9.83. The molecule has 0 fully saturated rings. The molecule has 3 aromatic rings. The van der Waals surface area contributed by atoms with Crippen molar-refractivity contribution in [2.24, 2.45) is 0 Å². The van der Waals surface area contributed by atoms with Gasteiger partial charge in [-0.25, -0.2) is 0 Å². The molecule has 0 spiro atoms. The Morgan fingerprint density at radius 3 is 2.76 bits per heavy atom. The number of rotatable bonds is 7. The standard InChI is InChI=1S/C24H26N2O2.ClH/c1-27-23-12-11-18(14-24(23)28-17-19-6-5-13-25-15-19)16-26-22-10-4-8-20-7-2-3-9-21(20)22;/h2-3,5-7,9,11-15,22,26H,4,8,10,16-17H2,1H3;1H. The molecular weight excluding hydrogens is 384 g/mol. The fraction of sp³-hybridized carbons (Fsp3) is 0.292. The van der Waals surface area contributed by atoms with E-state index < -0.39 is 0 Å². The SMILES string of the molecule is COc1ccc(CNC2CCCc3ccccc32)cc1OCc1cccnc1.Cl. The maximum atomic E-state index is 6.01. The number of pyridine rings is 1. The number of fused-ring (bicyclic) bond motifs is 1. The number of methoxy groups -OCH3 is 1. The van der Waals surface area contributed by atoms with Crippen LogP contribution in [0.1, 0.15) is 41.1 Å². The Labute approximate surface area is 178 Å². The second-order valence-corrected chi connectivity index (χ2v) is 7.16. The smallest absolute Gasteiger partial charge is 0.161 e. The second kappa shape index (κ2) is 10.3. The second-order valence-electron chi connectivity index (χ2n) is 7.16. The van der Waals surface area contributed by atoms with Gasteiger partial charge in [-0.2, -0.15) is 0 Å². The van der Waals surface area contributed by atoms with Gasteiger partial charge in [0.2, 0.25) is 0 Å². The molecule has 1 N–H and O–H groups in total. The normalized spacial score (nSPS) is 15.1. The Hall–Kier alpha value is -2.56. The molecule has 2 aromatic carbocycles. The van der Waals surface area contributed by atoms with Crippen molar-refractivity contribution in [2.45, 2.75) is 38.5 Å². The van der Waals surface area contributed by atoms with Crippen molar-refractivity contribution < 1.29 is 9.47 Å². The highest BCUT2D eigenvalue weighted by Crippen LogP contribution is 2.31. The fourth-order valence-electron chi connectivity index (χ4n) is 3.80.